The summed E-state index contributed by atoms with van der Waals surface area (Å²) in [5, 5.41) is 3.64. The first-order valence-electron chi connectivity index (χ1n) is 7.56. The molecule has 1 N–H and O–H groups in total. The van der Waals surface area contributed by atoms with E-state index in [-0.39, 0.29) is 10.8 Å². The van der Waals surface area contributed by atoms with Crippen LogP contribution in [0.3, 0.4) is 0 Å². The third-order valence-electron chi connectivity index (χ3n) is 4.92. The fourth-order valence-corrected chi connectivity index (χ4v) is 3.85. The zero-order valence-corrected chi connectivity index (χ0v) is 13.4. The molecule has 1 aromatic rings. The molecular weight excluding hydrogens is 273 g/mol. The zero-order valence-electron chi connectivity index (χ0n) is 12.7. The van der Waals surface area contributed by atoms with Gasteiger partial charge in [0.2, 0.25) is 0 Å². The topological polar surface area (TPSA) is 12.0 Å². The molecule has 2 unspecified atom stereocenters. The van der Waals surface area contributed by atoms with Gasteiger partial charge in [0, 0.05) is 6.04 Å². The molecule has 0 aliphatic heterocycles. The molecule has 1 aliphatic rings. The molecular formula is C17H25ClFN. The minimum absolute atomic E-state index is 0.222. The highest BCUT2D eigenvalue weighted by molar-refractivity contribution is 6.30. The lowest BCUT2D eigenvalue weighted by molar-refractivity contribution is 0.101. The number of likely N-dealkylation sites (N-methyl/N-ethyl adjacent to an activating group) is 1. The fourth-order valence-electron chi connectivity index (χ4n) is 3.66. The van der Waals surface area contributed by atoms with Crippen molar-refractivity contribution in [3.05, 3.63) is 34.6 Å². The van der Waals surface area contributed by atoms with Crippen LogP contribution in [0, 0.1) is 17.2 Å². The maximum absolute atomic E-state index is 14.1. The first kappa shape index (κ1) is 15.8. The summed E-state index contributed by atoms with van der Waals surface area (Å²) in [6, 6.07) is 5.60. The summed E-state index contributed by atoms with van der Waals surface area (Å²) in [6.45, 7) is 4.69. The molecule has 20 heavy (non-hydrogen) atoms. The number of rotatable bonds is 4. The number of benzene rings is 1. The predicted octanol–water partition coefficient (Wildman–Crippen LogP) is 4.83. The third-order valence-corrected chi connectivity index (χ3v) is 5.21. The third kappa shape index (κ3) is 3.35. The van der Waals surface area contributed by atoms with Crippen LogP contribution in [0.4, 0.5) is 4.39 Å². The lowest BCUT2D eigenvalue weighted by Gasteiger charge is -2.43. The van der Waals surface area contributed by atoms with Crippen LogP contribution >= 0.6 is 11.6 Å². The van der Waals surface area contributed by atoms with Gasteiger partial charge in [0.05, 0.1) is 5.02 Å². The monoisotopic (exact) mass is 297 g/mol. The van der Waals surface area contributed by atoms with Crippen molar-refractivity contribution in [3.63, 3.8) is 0 Å². The van der Waals surface area contributed by atoms with Crippen LogP contribution < -0.4 is 5.32 Å². The Labute approximate surface area is 126 Å². The summed E-state index contributed by atoms with van der Waals surface area (Å²) >= 11 is 5.89. The number of hydrogen-bond acceptors (Lipinski definition) is 1. The average molecular weight is 298 g/mol. The molecule has 1 aliphatic carbocycles. The van der Waals surface area contributed by atoms with E-state index in [0.29, 0.717) is 23.8 Å². The molecule has 0 bridgehead atoms. The van der Waals surface area contributed by atoms with Crippen LogP contribution in [-0.4, -0.2) is 13.1 Å². The Morgan fingerprint density at radius 3 is 2.80 bits per heavy atom. The molecule has 1 aromatic carbocycles. The summed E-state index contributed by atoms with van der Waals surface area (Å²) in [4.78, 5) is 0. The number of halogens is 2. The standard InChI is InChI=1S/C17H25ClFN/c1-17(2)10-5-4-8-13(17)15(20-3)11-12-7-6-9-14(18)16(12)19/h6-7,9,13,15,20H,4-5,8,10-11H2,1-3H3. The molecule has 1 nitrogen and oxygen atoms in total. The molecule has 2 atom stereocenters. The van der Waals surface area contributed by atoms with E-state index in [1.54, 1.807) is 6.07 Å². The quantitative estimate of drug-likeness (QED) is 0.839. The van der Waals surface area contributed by atoms with E-state index in [0.717, 1.165) is 5.56 Å². The summed E-state index contributed by atoms with van der Waals surface area (Å²) in [5.41, 5.74) is 1.04. The Morgan fingerprint density at radius 2 is 2.15 bits per heavy atom. The summed E-state index contributed by atoms with van der Waals surface area (Å²) < 4.78 is 14.1. The van der Waals surface area contributed by atoms with Crippen molar-refractivity contribution in [2.45, 2.75) is 52.0 Å². The van der Waals surface area contributed by atoms with Crippen molar-refractivity contribution in [3.8, 4) is 0 Å². The van der Waals surface area contributed by atoms with E-state index < -0.39 is 0 Å². The van der Waals surface area contributed by atoms with Crippen molar-refractivity contribution in [2.75, 3.05) is 7.05 Å². The number of nitrogens with one attached hydrogen (secondary N) is 1. The highest BCUT2D eigenvalue weighted by atomic mass is 35.5. The van der Waals surface area contributed by atoms with Crippen molar-refractivity contribution >= 4 is 11.6 Å². The van der Waals surface area contributed by atoms with Crippen LogP contribution in [-0.2, 0) is 6.42 Å². The molecule has 0 radical (unpaired) electrons. The van der Waals surface area contributed by atoms with Crippen molar-refractivity contribution < 1.29 is 4.39 Å². The van der Waals surface area contributed by atoms with E-state index in [4.69, 9.17) is 11.6 Å². The van der Waals surface area contributed by atoms with Crippen molar-refractivity contribution in [1.82, 2.24) is 5.32 Å². The molecule has 0 aromatic heterocycles. The van der Waals surface area contributed by atoms with Gasteiger partial charge in [-0.25, -0.2) is 4.39 Å². The average Bonchev–Trinajstić information content (AvgIpc) is 2.41. The lowest BCUT2D eigenvalue weighted by Crippen LogP contribution is -2.44. The predicted molar refractivity (Wildman–Crippen MR) is 83.7 cm³/mol. The first-order chi connectivity index (χ1) is 9.45. The molecule has 0 amide bonds. The van der Waals surface area contributed by atoms with E-state index in [1.807, 2.05) is 19.2 Å². The summed E-state index contributed by atoms with van der Waals surface area (Å²) in [7, 11) is 1.98. The van der Waals surface area contributed by atoms with Crippen LogP contribution in [0.25, 0.3) is 0 Å². The van der Waals surface area contributed by atoms with E-state index in [9.17, 15) is 4.39 Å². The van der Waals surface area contributed by atoms with Gasteiger partial charge >= 0.3 is 0 Å². The normalized spacial score (nSPS) is 23.6. The molecule has 0 saturated heterocycles. The maximum atomic E-state index is 14.1. The SMILES string of the molecule is CNC(Cc1cccc(Cl)c1F)C1CCCCC1(C)C. The van der Waals surface area contributed by atoms with Gasteiger partial charge in [-0.3, -0.25) is 0 Å². The smallest absolute Gasteiger partial charge is 0.145 e. The second-order valence-corrected chi connectivity index (χ2v) is 7.06. The van der Waals surface area contributed by atoms with Gasteiger partial charge in [0.15, 0.2) is 0 Å². The van der Waals surface area contributed by atoms with Crippen molar-refractivity contribution in [2.24, 2.45) is 11.3 Å². The largest absolute Gasteiger partial charge is 0.316 e. The van der Waals surface area contributed by atoms with Crippen LogP contribution in [0.15, 0.2) is 18.2 Å². The van der Waals surface area contributed by atoms with Gasteiger partial charge in [-0.1, -0.05) is 50.4 Å². The van der Waals surface area contributed by atoms with Crippen LogP contribution in [0.5, 0.6) is 0 Å². The van der Waals surface area contributed by atoms with Crippen molar-refractivity contribution in [1.29, 1.82) is 0 Å². The van der Waals surface area contributed by atoms with Gasteiger partial charge in [-0.2, -0.15) is 0 Å². The van der Waals surface area contributed by atoms with Gasteiger partial charge in [-0.15, -0.1) is 0 Å². The Balaban J connectivity index is 2.18. The lowest BCUT2D eigenvalue weighted by atomic mass is 9.65. The molecule has 0 spiro atoms. The second kappa shape index (κ2) is 6.44. The molecule has 0 heterocycles. The summed E-state index contributed by atoms with van der Waals surface area (Å²) in [5.74, 6) is 0.322. The zero-order chi connectivity index (χ0) is 14.8. The molecule has 3 heteroatoms. The fraction of sp³-hybridized carbons (Fsp3) is 0.647. The van der Waals surface area contributed by atoms with Crippen LogP contribution in [0.2, 0.25) is 5.02 Å². The first-order valence-corrected chi connectivity index (χ1v) is 7.93. The van der Waals surface area contributed by atoms with Crippen LogP contribution in [0.1, 0.15) is 45.1 Å². The van der Waals surface area contributed by atoms with E-state index in [1.165, 1.54) is 25.7 Å². The summed E-state index contributed by atoms with van der Waals surface area (Å²) in [6.07, 6.45) is 5.78. The van der Waals surface area contributed by atoms with Gasteiger partial charge in [0.25, 0.3) is 0 Å². The molecule has 112 valence electrons. The highest BCUT2D eigenvalue weighted by Crippen LogP contribution is 2.43. The Kier molecular flexibility index (Phi) is 5.09. The van der Waals surface area contributed by atoms with E-state index in [2.05, 4.69) is 19.2 Å². The maximum Gasteiger partial charge on any atom is 0.145 e. The Bertz CT molecular complexity index is 458. The van der Waals surface area contributed by atoms with E-state index >= 15 is 0 Å². The molecule has 2 rings (SSSR count). The Hall–Kier alpha value is -0.600. The van der Waals surface area contributed by atoms with Gasteiger partial charge in [-0.05, 0) is 49.3 Å². The number of hydrogen-bond donors (Lipinski definition) is 1. The Morgan fingerprint density at radius 1 is 1.40 bits per heavy atom. The highest BCUT2D eigenvalue weighted by Gasteiger charge is 2.37. The molecule has 1 saturated carbocycles. The van der Waals surface area contributed by atoms with Gasteiger partial charge in [0.1, 0.15) is 5.82 Å². The second-order valence-electron chi connectivity index (χ2n) is 6.65. The molecule has 1 fully saturated rings. The minimum Gasteiger partial charge on any atom is -0.316 e. The minimum atomic E-state index is -0.261. The van der Waals surface area contributed by atoms with Gasteiger partial charge < -0.3 is 5.32 Å².